The molecule has 0 N–H and O–H groups in total. The van der Waals surface area contributed by atoms with E-state index in [0.717, 1.165) is 61.1 Å². The van der Waals surface area contributed by atoms with Crippen LogP contribution < -0.4 is 0 Å². The number of likely N-dealkylation sites (tertiary alicyclic amines) is 1. The Balaban J connectivity index is 1.39. The van der Waals surface area contributed by atoms with Crippen molar-refractivity contribution in [2.45, 2.75) is 31.5 Å². The molecule has 1 aliphatic rings. The van der Waals surface area contributed by atoms with E-state index in [9.17, 15) is 13.2 Å². The van der Waals surface area contributed by atoms with Crippen LogP contribution in [-0.4, -0.2) is 22.6 Å². The van der Waals surface area contributed by atoms with Gasteiger partial charge in [-0.05, 0) is 79.4 Å². The summed E-state index contributed by atoms with van der Waals surface area (Å²) in [4.78, 5) is 2.46. The molecule has 4 aromatic rings. The summed E-state index contributed by atoms with van der Waals surface area (Å²) in [5, 5.41) is 1.67. The van der Waals surface area contributed by atoms with E-state index in [0.29, 0.717) is 16.6 Å². The van der Waals surface area contributed by atoms with Gasteiger partial charge in [0, 0.05) is 28.8 Å². The van der Waals surface area contributed by atoms with Gasteiger partial charge in [0.25, 0.3) is 0 Å². The third kappa shape index (κ3) is 4.66. The molecular weight excluding hydrogens is 445 g/mol. The molecule has 1 fully saturated rings. The first-order chi connectivity index (χ1) is 15.9. The highest BCUT2D eigenvalue weighted by atomic mass is 35.5. The van der Waals surface area contributed by atoms with Gasteiger partial charge < -0.3 is 4.57 Å². The highest BCUT2D eigenvalue weighted by Gasteiger charge is 2.30. The molecule has 3 aromatic carbocycles. The van der Waals surface area contributed by atoms with Crippen molar-refractivity contribution in [2.75, 3.05) is 13.1 Å². The lowest BCUT2D eigenvalue weighted by atomic mass is 9.89. The van der Waals surface area contributed by atoms with Gasteiger partial charge >= 0.3 is 6.18 Å². The SMILES string of the molecule is FC(F)(F)c1ccc(-n2cc(CN3CCC(c4ccccc4)CC3)c3ccc(Cl)cc32)cc1. The van der Waals surface area contributed by atoms with E-state index in [2.05, 4.69) is 35.2 Å². The number of rotatable bonds is 4. The van der Waals surface area contributed by atoms with Crippen molar-refractivity contribution in [3.8, 4) is 5.69 Å². The zero-order valence-corrected chi connectivity index (χ0v) is 18.8. The molecule has 0 radical (unpaired) electrons. The number of nitrogens with zero attached hydrogens (tertiary/aromatic N) is 2. The molecule has 1 saturated heterocycles. The molecule has 0 atom stereocenters. The number of aromatic nitrogens is 1. The lowest BCUT2D eigenvalue weighted by Crippen LogP contribution is -2.32. The zero-order valence-electron chi connectivity index (χ0n) is 18.0. The largest absolute Gasteiger partial charge is 0.416 e. The molecular formula is C27H24ClF3N2. The predicted octanol–water partition coefficient (Wildman–Crippen LogP) is 7.68. The third-order valence-electron chi connectivity index (χ3n) is 6.58. The monoisotopic (exact) mass is 468 g/mol. The second kappa shape index (κ2) is 8.88. The molecule has 5 rings (SSSR count). The van der Waals surface area contributed by atoms with Crippen LogP contribution in [0.4, 0.5) is 13.2 Å². The van der Waals surface area contributed by atoms with Gasteiger partial charge in [-0.25, -0.2) is 0 Å². The van der Waals surface area contributed by atoms with Gasteiger partial charge in [0.2, 0.25) is 0 Å². The number of hydrogen-bond donors (Lipinski definition) is 0. The van der Waals surface area contributed by atoms with Crippen molar-refractivity contribution < 1.29 is 13.2 Å². The Morgan fingerprint density at radius 1 is 0.879 bits per heavy atom. The number of hydrogen-bond acceptors (Lipinski definition) is 1. The minimum Gasteiger partial charge on any atom is -0.316 e. The molecule has 0 spiro atoms. The van der Waals surface area contributed by atoms with Crippen molar-refractivity contribution in [3.05, 3.63) is 101 Å². The second-order valence-electron chi connectivity index (χ2n) is 8.69. The van der Waals surface area contributed by atoms with Crippen LogP contribution in [0.5, 0.6) is 0 Å². The maximum atomic E-state index is 13.0. The lowest BCUT2D eigenvalue weighted by Gasteiger charge is -2.32. The van der Waals surface area contributed by atoms with Gasteiger partial charge in [-0.2, -0.15) is 13.2 Å². The number of alkyl halides is 3. The Labute approximate surface area is 196 Å². The fourth-order valence-electron chi connectivity index (χ4n) is 4.81. The quantitative estimate of drug-likeness (QED) is 0.298. The van der Waals surface area contributed by atoms with Crippen LogP contribution in [-0.2, 0) is 12.7 Å². The van der Waals surface area contributed by atoms with Crippen molar-refractivity contribution in [3.63, 3.8) is 0 Å². The van der Waals surface area contributed by atoms with E-state index >= 15 is 0 Å². The van der Waals surface area contributed by atoms with E-state index in [-0.39, 0.29) is 0 Å². The highest BCUT2D eigenvalue weighted by molar-refractivity contribution is 6.31. The van der Waals surface area contributed by atoms with Crippen molar-refractivity contribution >= 4 is 22.5 Å². The molecule has 6 heteroatoms. The van der Waals surface area contributed by atoms with Crippen LogP contribution in [0.1, 0.15) is 35.4 Å². The number of halogens is 4. The molecule has 0 bridgehead atoms. The highest BCUT2D eigenvalue weighted by Crippen LogP contribution is 2.33. The first-order valence-corrected chi connectivity index (χ1v) is 11.5. The first kappa shape index (κ1) is 22.1. The van der Waals surface area contributed by atoms with Gasteiger partial charge in [0.15, 0.2) is 0 Å². The summed E-state index contributed by atoms with van der Waals surface area (Å²) < 4.78 is 40.9. The molecule has 2 nitrogen and oxygen atoms in total. The maximum Gasteiger partial charge on any atom is 0.416 e. The van der Waals surface area contributed by atoms with E-state index in [1.807, 2.05) is 29.0 Å². The summed E-state index contributed by atoms with van der Waals surface area (Å²) in [5.41, 5.74) is 3.49. The molecule has 0 amide bonds. The fraction of sp³-hybridized carbons (Fsp3) is 0.259. The topological polar surface area (TPSA) is 8.17 Å². The summed E-state index contributed by atoms with van der Waals surface area (Å²) in [5.74, 6) is 0.592. The lowest BCUT2D eigenvalue weighted by molar-refractivity contribution is -0.137. The van der Waals surface area contributed by atoms with Gasteiger partial charge in [-0.3, -0.25) is 4.90 Å². The molecule has 2 heterocycles. The fourth-order valence-corrected chi connectivity index (χ4v) is 4.98. The average molecular weight is 469 g/mol. The number of piperidine rings is 1. The third-order valence-corrected chi connectivity index (χ3v) is 6.81. The summed E-state index contributed by atoms with van der Waals surface area (Å²) in [6.07, 6.45) is -0.0781. The van der Waals surface area contributed by atoms with Crippen LogP contribution in [0.15, 0.2) is 79.0 Å². The molecule has 1 aliphatic heterocycles. The van der Waals surface area contributed by atoms with Crippen LogP contribution in [0.3, 0.4) is 0 Å². The van der Waals surface area contributed by atoms with Gasteiger partial charge in [0.1, 0.15) is 0 Å². The summed E-state index contributed by atoms with van der Waals surface area (Å²) >= 11 is 6.27. The molecule has 1 aromatic heterocycles. The van der Waals surface area contributed by atoms with Crippen LogP contribution in [0.25, 0.3) is 16.6 Å². The summed E-state index contributed by atoms with van der Waals surface area (Å²) in [7, 11) is 0. The standard InChI is InChI=1S/C27H24ClF3N2/c28-23-8-11-25-21(17-32-14-12-20(13-15-32)19-4-2-1-3-5-19)18-33(26(25)16-23)24-9-6-22(7-10-24)27(29,30)31/h1-11,16,18,20H,12-15,17H2. The smallest absolute Gasteiger partial charge is 0.316 e. The molecule has 33 heavy (non-hydrogen) atoms. The second-order valence-corrected chi connectivity index (χ2v) is 9.13. The Hall–Kier alpha value is -2.76. The van der Waals surface area contributed by atoms with E-state index < -0.39 is 11.7 Å². The van der Waals surface area contributed by atoms with Crippen molar-refractivity contribution in [2.24, 2.45) is 0 Å². The maximum absolute atomic E-state index is 13.0. The van der Waals surface area contributed by atoms with E-state index in [4.69, 9.17) is 11.6 Å². The van der Waals surface area contributed by atoms with Crippen molar-refractivity contribution in [1.29, 1.82) is 0 Å². The Morgan fingerprint density at radius 2 is 1.58 bits per heavy atom. The van der Waals surface area contributed by atoms with Gasteiger partial charge in [-0.15, -0.1) is 0 Å². The van der Waals surface area contributed by atoms with Crippen LogP contribution in [0, 0.1) is 0 Å². The Morgan fingerprint density at radius 3 is 2.24 bits per heavy atom. The van der Waals surface area contributed by atoms with Crippen LogP contribution in [0.2, 0.25) is 5.02 Å². The molecule has 170 valence electrons. The molecule has 0 saturated carbocycles. The molecule has 0 aliphatic carbocycles. The average Bonchev–Trinajstić information content (AvgIpc) is 3.17. The number of fused-ring (bicyclic) bond motifs is 1. The Bertz CT molecular complexity index is 1240. The van der Waals surface area contributed by atoms with E-state index in [1.54, 1.807) is 0 Å². The Kier molecular flexibility index (Phi) is 5.94. The minimum absolute atomic E-state index is 0.592. The van der Waals surface area contributed by atoms with Crippen molar-refractivity contribution in [1.82, 2.24) is 9.47 Å². The van der Waals surface area contributed by atoms with Crippen LogP contribution >= 0.6 is 11.6 Å². The zero-order chi connectivity index (χ0) is 23.0. The van der Waals surface area contributed by atoms with Gasteiger partial charge in [0.05, 0.1) is 11.1 Å². The van der Waals surface area contributed by atoms with Gasteiger partial charge in [-0.1, -0.05) is 48.0 Å². The molecule has 0 unspecified atom stereocenters. The summed E-state index contributed by atoms with van der Waals surface area (Å²) in [6, 6.07) is 21.7. The minimum atomic E-state index is -4.35. The predicted molar refractivity (Wildman–Crippen MR) is 127 cm³/mol. The first-order valence-electron chi connectivity index (χ1n) is 11.1. The number of benzene rings is 3. The summed E-state index contributed by atoms with van der Waals surface area (Å²) in [6.45, 7) is 2.83. The van der Waals surface area contributed by atoms with E-state index in [1.165, 1.54) is 17.7 Å². The normalized spacial score (nSPS) is 15.9.